The maximum absolute atomic E-state index is 14.2. The number of hydrogen-bond acceptors (Lipinski definition) is 4. The summed E-state index contributed by atoms with van der Waals surface area (Å²) in [6, 6.07) is 6.92. The zero-order chi connectivity index (χ0) is 13.3. The van der Waals surface area contributed by atoms with Gasteiger partial charge in [0.2, 0.25) is 0 Å². The molecule has 2 N–H and O–H groups in total. The number of halogens is 1. The fourth-order valence-electron chi connectivity index (χ4n) is 2.74. The van der Waals surface area contributed by atoms with Gasteiger partial charge in [-0.15, -0.1) is 11.3 Å². The summed E-state index contributed by atoms with van der Waals surface area (Å²) in [6.45, 7) is 1.23. The highest BCUT2D eigenvalue weighted by atomic mass is 32.1. The second-order valence-corrected chi connectivity index (χ2v) is 5.63. The van der Waals surface area contributed by atoms with Gasteiger partial charge in [0.25, 0.3) is 0 Å². The van der Waals surface area contributed by atoms with Gasteiger partial charge in [-0.1, -0.05) is 18.2 Å². The van der Waals surface area contributed by atoms with Crippen LogP contribution in [-0.4, -0.2) is 18.2 Å². The predicted molar refractivity (Wildman–Crippen MR) is 73.8 cm³/mol. The molecule has 1 aliphatic heterocycles. The van der Waals surface area contributed by atoms with Gasteiger partial charge >= 0.3 is 0 Å². The number of hydrogen-bond donors (Lipinski definition) is 1. The molecule has 5 heteroatoms. The van der Waals surface area contributed by atoms with Crippen molar-refractivity contribution in [2.24, 2.45) is 0 Å². The second-order valence-electron chi connectivity index (χ2n) is 4.75. The van der Waals surface area contributed by atoms with E-state index in [1.54, 1.807) is 6.07 Å². The molecule has 1 aromatic heterocycles. The van der Waals surface area contributed by atoms with Crippen molar-refractivity contribution in [3.05, 3.63) is 46.7 Å². The molecular weight excluding hydrogens is 263 g/mol. The van der Waals surface area contributed by atoms with Crippen LogP contribution < -0.4 is 5.73 Å². The summed E-state index contributed by atoms with van der Waals surface area (Å²) in [5, 5.41) is 2.46. The number of anilines is 1. The van der Waals surface area contributed by atoms with E-state index in [1.165, 1.54) is 17.4 Å². The van der Waals surface area contributed by atoms with Gasteiger partial charge in [-0.3, -0.25) is 0 Å². The molecule has 0 bridgehead atoms. The molecule has 100 valence electrons. The summed E-state index contributed by atoms with van der Waals surface area (Å²) >= 11 is 1.40. The Morgan fingerprint density at radius 1 is 1.26 bits per heavy atom. The van der Waals surface area contributed by atoms with E-state index in [2.05, 4.69) is 4.98 Å². The van der Waals surface area contributed by atoms with Gasteiger partial charge in [0.05, 0.1) is 5.69 Å². The van der Waals surface area contributed by atoms with Crippen LogP contribution >= 0.6 is 11.3 Å². The molecule has 0 spiro atoms. The number of nitrogens with two attached hydrogens (primary N) is 1. The van der Waals surface area contributed by atoms with Crippen LogP contribution in [0.3, 0.4) is 0 Å². The smallest absolute Gasteiger partial charge is 0.180 e. The van der Waals surface area contributed by atoms with Gasteiger partial charge < -0.3 is 10.5 Å². The van der Waals surface area contributed by atoms with Crippen LogP contribution in [0.25, 0.3) is 0 Å². The number of nitrogen functional groups attached to an aromatic ring is 1. The molecular formula is C14H15FN2OS. The minimum Gasteiger partial charge on any atom is -0.381 e. The SMILES string of the molecule is Nc1nc(C2(c3ccccc3F)CCOCC2)cs1. The maximum Gasteiger partial charge on any atom is 0.180 e. The summed E-state index contributed by atoms with van der Waals surface area (Å²) in [5.74, 6) is -0.184. The highest BCUT2D eigenvalue weighted by molar-refractivity contribution is 7.13. The van der Waals surface area contributed by atoms with E-state index in [9.17, 15) is 4.39 Å². The summed E-state index contributed by atoms with van der Waals surface area (Å²) in [5.41, 5.74) is 6.90. The summed E-state index contributed by atoms with van der Waals surface area (Å²) in [7, 11) is 0. The lowest BCUT2D eigenvalue weighted by molar-refractivity contribution is 0.0610. The van der Waals surface area contributed by atoms with E-state index in [0.29, 0.717) is 23.9 Å². The number of thiazole rings is 1. The van der Waals surface area contributed by atoms with Crippen LogP contribution in [-0.2, 0) is 10.2 Å². The molecule has 1 aromatic carbocycles. The van der Waals surface area contributed by atoms with E-state index >= 15 is 0 Å². The molecule has 2 heterocycles. The Kier molecular flexibility index (Phi) is 3.24. The summed E-state index contributed by atoms with van der Waals surface area (Å²) in [4.78, 5) is 4.40. The van der Waals surface area contributed by atoms with E-state index in [-0.39, 0.29) is 5.82 Å². The Labute approximate surface area is 115 Å². The lowest BCUT2D eigenvalue weighted by Crippen LogP contribution is -2.36. The molecule has 0 radical (unpaired) electrons. The van der Waals surface area contributed by atoms with Crippen molar-refractivity contribution in [2.45, 2.75) is 18.3 Å². The second kappa shape index (κ2) is 4.90. The monoisotopic (exact) mass is 278 g/mol. The van der Waals surface area contributed by atoms with E-state index in [0.717, 1.165) is 18.5 Å². The van der Waals surface area contributed by atoms with Gasteiger partial charge in [0.15, 0.2) is 5.13 Å². The third kappa shape index (κ3) is 2.13. The maximum atomic E-state index is 14.2. The normalized spacial score (nSPS) is 18.4. The number of nitrogens with zero attached hydrogens (tertiary/aromatic N) is 1. The van der Waals surface area contributed by atoms with Crippen molar-refractivity contribution in [1.82, 2.24) is 4.98 Å². The first-order valence-corrected chi connectivity index (χ1v) is 7.14. The highest BCUT2D eigenvalue weighted by Gasteiger charge is 2.40. The van der Waals surface area contributed by atoms with E-state index in [1.807, 2.05) is 17.5 Å². The van der Waals surface area contributed by atoms with Gasteiger partial charge in [0.1, 0.15) is 5.82 Å². The zero-order valence-corrected chi connectivity index (χ0v) is 11.3. The van der Waals surface area contributed by atoms with E-state index < -0.39 is 5.41 Å². The van der Waals surface area contributed by atoms with Crippen molar-refractivity contribution < 1.29 is 9.13 Å². The van der Waals surface area contributed by atoms with Gasteiger partial charge in [-0.25, -0.2) is 9.37 Å². The van der Waals surface area contributed by atoms with Crippen LogP contribution in [0.1, 0.15) is 24.1 Å². The Hall–Kier alpha value is -1.46. The summed E-state index contributed by atoms with van der Waals surface area (Å²) in [6.07, 6.45) is 1.47. The third-order valence-electron chi connectivity index (χ3n) is 3.75. The molecule has 0 aliphatic carbocycles. The third-order valence-corrected chi connectivity index (χ3v) is 4.42. The standard InChI is InChI=1S/C14H15FN2OS/c15-11-4-2-1-3-10(11)14(5-7-18-8-6-14)12-9-19-13(16)17-12/h1-4,9H,5-8H2,(H2,16,17). The Morgan fingerprint density at radius 2 is 2.00 bits per heavy atom. The van der Waals surface area contributed by atoms with Gasteiger partial charge in [0, 0.05) is 29.6 Å². The van der Waals surface area contributed by atoms with Crippen LogP contribution in [0.4, 0.5) is 9.52 Å². The molecule has 3 rings (SSSR count). The van der Waals surface area contributed by atoms with Crippen LogP contribution in [0.2, 0.25) is 0 Å². The lowest BCUT2D eigenvalue weighted by atomic mass is 9.72. The van der Waals surface area contributed by atoms with Crippen molar-refractivity contribution in [3.63, 3.8) is 0 Å². The first-order valence-electron chi connectivity index (χ1n) is 6.27. The van der Waals surface area contributed by atoms with Crippen molar-refractivity contribution in [1.29, 1.82) is 0 Å². The predicted octanol–water partition coefficient (Wildman–Crippen LogP) is 2.96. The number of rotatable bonds is 2. The minimum absolute atomic E-state index is 0.184. The first-order chi connectivity index (χ1) is 9.22. The molecule has 0 unspecified atom stereocenters. The van der Waals surface area contributed by atoms with Crippen LogP contribution in [0.15, 0.2) is 29.6 Å². The minimum atomic E-state index is -0.405. The Morgan fingerprint density at radius 3 is 2.63 bits per heavy atom. The quantitative estimate of drug-likeness (QED) is 0.918. The molecule has 1 fully saturated rings. The fourth-order valence-corrected chi connectivity index (χ4v) is 3.40. The Bertz CT molecular complexity index is 578. The topological polar surface area (TPSA) is 48.1 Å². The zero-order valence-electron chi connectivity index (χ0n) is 10.4. The average Bonchev–Trinajstić information content (AvgIpc) is 2.87. The number of aromatic nitrogens is 1. The lowest BCUT2D eigenvalue weighted by Gasteiger charge is -2.36. The average molecular weight is 278 g/mol. The molecule has 19 heavy (non-hydrogen) atoms. The molecule has 1 saturated heterocycles. The molecule has 2 aromatic rings. The first kappa shape index (κ1) is 12.6. The summed E-state index contributed by atoms with van der Waals surface area (Å²) < 4.78 is 19.7. The van der Waals surface area contributed by atoms with Crippen LogP contribution in [0.5, 0.6) is 0 Å². The van der Waals surface area contributed by atoms with Crippen LogP contribution in [0, 0.1) is 5.82 Å². The molecule has 0 saturated carbocycles. The molecule has 0 atom stereocenters. The number of benzene rings is 1. The van der Waals surface area contributed by atoms with Gasteiger partial charge in [-0.05, 0) is 18.9 Å². The van der Waals surface area contributed by atoms with Crippen molar-refractivity contribution >= 4 is 16.5 Å². The largest absolute Gasteiger partial charge is 0.381 e. The number of ether oxygens (including phenoxy) is 1. The molecule has 0 amide bonds. The highest BCUT2D eigenvalue weighted by Crippen LogP contribution is 2.42. The van der Waals surface area contributed by atoms with Gasteiger partial charge in [-0.2, -0.15) is 0 Å². The molecule has 3 nitrogen and oxygen atoms in total. The van der Waals surface area contributed by atoms with Crippen molar-refractivity contribution in [3.8, 4) is 0 Å². The Balaban J connectivity index is 2.14. The van der Waals surface area contributed by atoms with Crippen molar-refractivity contribution in [2.75, 3.05) is 18.9 Å². The van der Waals surface area contributed by atoms with E-state index in [4.69, 9.17) is 10.5 Å². The fraction of sp³-hybridized carbons (Fsp3) is 0.357. The molecule has 1 aliphatic rings.